The fraction of sp³-hybridized carbons (Fsp3) is 0.312. The van der Waals surface area contributed by atoms with E-state index >= 15 is 0 Å². The Hall–Kier alpha value is -2.27. The van der Waals surface area contributed by atoms with Crippen molar-refractivity contribution in [3.8, 4) is 17.2 Å². The molecule has 0 bridgehead atoms. The Balaban J connectivity index is 1.79. The minimum Gasteiger partial charge on any atom is -0.490 e. The number of nitrogens with two attached hydrogens (primary N) is 1. The average Bonchev–Trinajstić information content (AvgIpc) is 2.54. The zero-order chi connectivity index (χ0) is 14.9. The van der Waals surface area contributed by atoms with Gasteiger partial charge < -0.3 is 19.9 Å². The second-order valence-corrected chi connectivity index (χ2v) is 4.27. The first-order valence-electron chi connectivity index (χ1n) is 6.96. The van der Waals surface area contributed by atoms with E-state index in [1.54, 1.807) is 6.20 Å². The molecule has 0 aliphatic rings. The summed E-state index contributed by atoms with van der Waals surface area (Å²) < 4.78 is 16.7. The SMILES string of the molecule is CCOc1ccccc1OCCOc1ccc(CN)nc1. The first kappa shape index (κ1) is 15.1. The van der Waals surface area contributed by atoms with Crippen LogP contribution in [-0.4, -0.2) is 24.8 Å². The molecule has 0 saturated carbocycles. The molecule has 2 rings (SSSR count). The average molecular weight is 288 g/mol. The third-order valence-electron chi connectivity index (χ3n) is 2.77. The molecule has 0 aliphatic heterocycles. The molecule has 0 unspecified atom stereocenters. The van der Waals surface area contributed by atoms with Gasteiger partial charge >= 0.3 is 0 Å². The second kappa shape index (κ2) is 8.11. The number of nitrogens with zero attached hydrogens (tertiary/aromatic N) is 1. The number of aromatic nitrogens is 1. The molecule has 0 radical (unpaired) electrons. The van der Waals surface area contributed by atoms with Crippen LogP contribution in [-0.2, 0) is 6.54 Å². The molecule has 0 amide bonds. The monoisotopic (exact) mass is 288 g/mol. The number of pyridine rings is 1. The number of hydrogen-bond donors (Lipinski definition) is 1. The lowest BCUT2D eigenvalue weighted by molar-refractivity contribution is 0.208. The molecule has 0 atom stereocenters. The van der Waals surface area contributed by atoms with E-state index in [0.29, 0.717) is 32.1 Å². The number of para-hydroxylation sites is 2. The molecule has 0 fully saturated rings. The summed E-state index contributed by atoms with van der Waals surface area (Å²) in [5.41, 5.74) is 6.33. The predicted molar refractivity (Wildman–Crippen MR) is 80.7 cm³/mol. The minimum absolute atomic E-state index is 0.428. The fourth-order valence-electron chi connectivity index (χ4n) is 1.77. The van der Waals surface area contributed by atoms with Crippen molar-refractivity contribution < 1.29 is 14.2 Å². The molecule has 1 aromatic heterocycles. The highest BCUT2D eigenvalue weighted by Gasteiger charge is 2.03. The highest BCUT2D eigenvalue weighted by atomic mass is 16.5. The van der Waals surface area contributed by atoms with Crippen molar-refractivity contribution >= 4 is 0 Å². The summed E-state index contributed by atoms with van der Waals surface area (Å²) in [5.74, 6) is 2.17. The molecule has 2 N–H and O–H groups in total. The Labute approximate surface area is 124 Å². The van der Waals surface area contributed by atoms with Gasteiger partial charge in [0.1, 0.15) is 19.0 Å². The quantitative estimate of drug-likeness (QED) is 0.755. The standard InChI is InChI=1S/C16H20N2O3/c1-2-19-15-5-3-4-6-16(15)21-10-9-20-14-8-7-13(11-17)18-12-14/h3-8,12H,2,9-11,17H2,1H3. The van der Waals surface area contributed by atoms with Crippen molar-refractivity contribution in [3.63, 3.8) is 0 Å². The normalized spacial score (nSPS) is 10.2. The third kappa shape index (κ3) is 4.65. The van der Waals surface area contributed by atoms with E-state index in [0.717, 1.165) is 17.2 Å². The van der Waals surface area contributed by atoms with E-state index in [2.05, 4.69) is 4.98 Å². The van der Waals surface area contributed by atoms with Gasteiger partial charge in [-0.15, -0.1) is 0 Å². The van der Waals surface area contributed by atoms with Gasteiger partial charge in [-0.2, -0.15) is 0 Å². The van der Waals surface area contributed by atoms with Gasteiger partial charge in [0.15, 0.2) is 11.5 Å². The molecular weight excluding hydrogens is 268 g/mol. The molecule has 0 spiro atoms. The van der Waals surface area contributed by atoms with Crippen molar-refractivity contribution in [3.05, 3.63) is 48.3 Å². The number of hydrogen-bond acceptors (Lipinski definition) is 5. The smallest absolute Gasteiger partial charge is 0.161 e. The Bertz CT molecular complexity index is 543. The maximum Gasteiger partial charge on any atom is 0.161 e. The summed E-state index contributed by atoms with van der Waals surface area (Å²) in [6.07, 6.45) is 1.66. The van der Waals surface area contributed by atoms with Gasteiger partial charge in [0, 0.05) is 6.54 Å². The largest absolute Gasteiger partial charge is 0.490 e. The van der Waals surface area contributed by atoms with Gasteiger partial charge in [-0.05, 0) is 31.2 Å². The minimum atomic E-state index is 0.428. The van der Waals surface area contributed by atoms with Crippen LogP contribution in [0.4, 0.5) is 0 Å². The summed E-state index contributed by atoms with van der Waals surface area (Å²) >= 11 is 0. The van der Waals surface area contributed by atoms with Gasteiger partial charge in [0.2, 0.25) is 0 Å². The first-order valence-corrected chi connectivity index (χ1v) is 6.96. The van der Waals surface area contributed by atoms with E-state index < -0.39 is 0 Å². The molecule has 2 aromatic rings. The molecule has 112 valence electrons. The molecule has 0 aliphatic carbocycles. The first-order chi connectivity index (χ1) is 10.3. The van der Waals surface area contributed by atoms with Crippen LogP contribution in [0.3, 0.4) is 0 Å². The van der Waals surface area contributed by atoms with Crippen molar-refractivity contribution in [2.24, 2.45) is 5.73 Å². The number of benzene rings is 1. The predicted octanol–water partition coefficient (Wildman–Crippen LogP) is 2.40. The molecule has 1 heterocycles. The summed E-state index contributed by atoms with van der Waals surface area (Å²) in [7, 11) is 0. The lowest BCUT2D eigenvalue weighted by Gasteiger charge is -2.12. The molecule has 21 heavy (non-hydrogen) atoms. The summed E-state index contributed by atoms with van der Waals surface area (Å²) in [6, 6.07) is 11.3. The zero-order valence-corrected chi connectivity index (χ0v) is 12.1. The van der Waals surface area contributed by atoms with Crippen LogP contribution in [0.25, 0.3) is 0 Å². The van der Waals surface area contributed by atoms with Gasteiger partial charge in [-0.1, -0.05) is 12.1 Å². The highest BCUT2D eigenvalue weighted by molar-refractivity contribution is 5.39. The molecule has 1 aromatic carbocycles. The molecular formula is C16H20N2O3. The fourth-order valence-corrected chi connectivity index (χ4v) is 1.77. The summed E-state index contributed by atoms with van der Waals surface area (Å²) in [5, 5.41) is 0. The van der Waals surface area contributed by atoms with Crippen molar-refractivity contribution in [2.45, 2.75) is 13.5 Å². The Morgan fingerprint density at radius 3 is 2.29 bits per heavy atom. The van der Waals surface area contributed by atoms with E-state index in [-0.39, 0.29) is 0 Å². The van der Waals surface area contributed by atoms with E-state index in [1.165, 1.54) is 0 Å². The van der Waals surface area contributed by atoms with E-state index in [4.69, 9.17) is 19.9 Å². The highest BCUT2D eigenvalue weighted by Crippen LogP contribution is 2.26. The topological polar surface area (TPSA) is 66.6 Å². The van der Waals surface area contributed by atoms with Crippen LogP contribution in [0, 0.1) is 0 Å². The van der Waals surface area contributed by atoms with Crippen LogP contribution < -0.4 is 19.9 Å². The van der Waals surface area contributed by atoms with E-state index in [1.807, 2.05) is 43.3 Å². The lowest BCUT2D eigenvalue weighted by atomic mass is 10.3. The Morgan fingerprint density at radius 1 is 0.952 bits per heavy atom. The van der Waals surface area contributed by atoms with Gasteiger partial charge in [0.25, 0.3) is 0 Å². The van der Waals surface area contributed by atoms with E-state index in [9.17, 15) is 0 Å². The second-order valence-electron chi connectivity index (χ2n) is 4.27. The molecule has 5 nitrogen and oxygen atoms in total. The molecule has 5 heteroatoms. The van der Waals surface area contributed by atoms with Crippen molar-refractivity contribution in [1.82, 2.24) is 4.98 Å². The summed E-state index contributed by atoms with van der Waals surface area (Å²) in [6.45, 7) is 3.85. The van der Waals surface area contributed by atoms with Crippen LogP contribution in [0.15, 0.2) is 42.6 Å². The van der Waals surface area contributed by atoms with Gasteiger partial charge in [-0.3, -0.25) is 4.98 Å². The zero-order valence-electron chi connectivity index (χ0n) is 12.1. The number of ether oxygens (including phenoxy) is 3. The van der Waals surface area contributed by atoms with Crippen LogP contribution in [0.5, 0.6) is 17.2 Å². The number of rotatable bonds is 8. The Kier molecular flexibility index (Phi) is 5.84. The van der Waals surface area contributed by atoms with Gasteiger partial charge in [-0.25, -0.2) is 0 Å². The maximum absolute atomic E-state index is 5.67. The molecule has 0 saturated heterocycles. The van der Waals surface area contributed by atoms with Crippen molar-refractivity contribution in [2.75, 3.05) is 19.8 Å². The lowest BCUT2D eigenvalue weighted by Crippen LogP contribution is -2.10. The van der Waals surface area contributed by atoms with Crippen LogP contribution >= 0.6 is 0 Å². The van der Waals surface area contributed by atoms with Gasteiger partial charge in [0.05, 0.1) is 18.5 Å². The third-order valence-corrected chi connectivity index (χ3v) is 2.77. The van der Waals surface area contributed by atoms with Crippen molar-refractivity contribution in [1.29, 1.82) is 0 Å². The summed E-state index contributed by atoms with van der Waals surface area (Å²) in [4.78, 5) is 4.16. The Morgan fingerprint density at radius 2 is 1.67 bits per heavy atom. The van der Waals surface area contributed by atoms with Crippen LogP contribution in [0.1, 0.15) is 12.6 Å². The van der Waals surface area contributed by atoms with Crippen LogP contribution in [0.2, 0.25) is 0 Å². The maximum atomic E-state index is 5.67.